The molecule has 0 bridgehead atoms. The van der Waals surface area contributed by atoms with Crippen LogP contribution >= 0.6 is 0 Å². The molecule has 1 aliphatic heterocycles. The number of aliphatic hydroxyl groups excluding tert-OH is 2. The zero-order valence-electron chi connectivity index (χ0n) is 11.6. The van der Waals surface area contributed by atoms with Gasteiger partial charge in [-0.05, 0) is 19.3 Å². The van der Waals surface area contributed by atoms with Crippen LogP contribution in [0.15, 0.2) is 0 Å². The van der Waals surface area contributed by atoms with Crippen LogP contribution in [0.5, 0.6) is 0 Å². The summed E-state index contributed by atoms with van der Waals surface area (Å²) >= 11 is 0. The van der Waals surface area contributed by atoms with Gasteiger partial charge in [0.2, 0.25) is 5.91 Å². The van der Waals surface area contributed by atoms with E-state index >= 15 is 0 Å². The molecule has 1 heterocycles. The van der Waals surface area contributed by atoms with Crippen LogP contribution in [0.4, 0.5) is 0 Å². The molecule has 1 saturated heterocycles. The molecule has 110 valence electrons. The quantitative estimate of drug-likeness (QED) is 0.643. The maximum atomic E-state index is 12.0. The van der Waals surface area contributed by atoms with Crippen LogP contribution in [0.3, 0.4) is 0 Å². The van der Waals surface area contributed by atoms with Crippen molar-refractivity contribution in [1.82, 2.24) is 10.2 Å². The number of piperidine rings is 1. The van der Waals surface area contributed by atoms with Crippen molar-refractivity contribution >= 4 is 5.91 Å². The molecule has 2 fully saturated rings. The van der Waals surface area contributed by atoms with Crippen molar-refractivity contribution in [3.05, 3.63) is 0 Å². The Balaban J connectivity index is 1.71. The van der Waals surface area contributed by atoms with Gasteiger partial charge in [-0.3, -0.25) is 9.69 Å². The number of carbonyl (C=O) groups is 1. The van der Waals surface area contributed by atoms with Gasteiger partial charge in [-0.1, -0.05) is 25.7 Å². The summed E-state index contributed by atoms with van der Waals surface area (Å²) in [7, 11) is 0. The number of carbonyl (C=O) groups excluding carboxylic acids is 1. The lowest BCUT2D eigenvalue weighted by Gasteiger charge is -2.33. The Kier molecular flexibility index (Phi) is 5.60. The van der Waals surface area contributed by atoms with Crippen LogP contribution in [0.25, 0.3) is 0 Å². The van der Waals surface area contributed by atoms with Crippen molar-refractivity contribution in [2.45, 2.75) is 63.2 Å². The minimum atomic E-state index is -0.723. The van der Waals surface area contributed by atoms with Gasteiger partial charge in [-0.2, -0.15) is 0 Å². The molecule has 2 rings (SSSR count). The predicted molar refractivity (Wildman–Crippen MR) is 72.7 cm³/mol. The first-order valence-corrected chi connectivity index (χ1v) is 7.53. The Morgan fingerprint density at radius 3 is 2.37 bits per heavy atom. The molecule has 2 atom stereocenters. The zero-order valence-corrected chi connectivity index (χ0v) is 11.6. The van der Waals surface area contributed by atoms with Crippen LogP contribution in [0.2, 0.25) is 0 Å². The highest BCUT2D eigenvalue weighted by Crippen LogP contribution is 2.17. The highest BCUT2D eigenvalue weighted by molar-refractivity contribution is 5.78. The maximum absolute atomic E-state index is 12.0. The van der Waals surface area contributed by atoms with E-state index in [1.165, 1.54) is 25.7 Å². The topological polar surface area (TPSA) is 72.8 Å². The van der Waals surface area contributed by atoms with E-state index in [0.717, 1.165) is 12.8 Å². The molecular weight excluding hydrogens is 244 g/mol. The van der Waals surface area contributed by atoms with E-state index in [9.17, 15) is 15.0 Å². The minimum Gasteiger partial charge on any atom is -0.390 e. The van der Waals surface area contributed by atoms with Crippen LogP contribution in [0.1, 0.15) is 44.9 Å². The summed E-state index contributed by atoms with van der Waals surface area (Å²) in [6.07, 6.45) is 6.34. The number of nitrogens with zero attached hydrogens (tertiary/aromatic N) is 1. The summed E-state index contributed by atoms with van der Waals surface area (Å²) in [6, 6.07) is 0.329. The maximum Gasteiger partial charge on any atom is 0.234 e. The van der Waals surface area contributed by atoms with E-state index in [4.69, 9.17) is 0 Å². The summed E-state index contributed by atoms with van der Waals surface area (Å²) in [5, 5.41) is 22.1. The molecule has 1 amide bonds. The molecule has 0 aromatic heterocycles. The molecule has 5 nitrogen and oxygen atoms in total. The van der Waals surface area contributed by atoms with Gasteiger partial charge in [0.25, 0.3) is 0 Å². The Morgan fingerprint density at radius 1 is 1.05 bits per heavy atom. The van der Waals surface area contributed by atoms with Gasteiger partial charge in [0.05, 0.1) is 18.8 Å². The van der Waals surface area contributed by atoms with Gasteiger partial charge < -0.3 is 15.5 Å². The number of nitrogens with one attached hydrogen (secondary N) is 1. The first-order chi connectivity index (χ1) is 9.15. The summed E-state index contributed by atoms with van der Waals surface area (Å²) in [4.78, 5) is 13.9. The molecule has 19 heavy (non-hydrogen) atoms. The number of hydrogen-bond acceptors (Lipinski definition) is 4. The molecule has 0 unspecified atom stereocenters. The fraction of sp³-hybridized carbons (Fsp3) is 0.929. The zero-order chi connectivity index (χ0) is 13.7. The third kappa shape index (κ3) is 4.75. The molecule has 2 aliphatic rings. The van der Waals surface area contributed by atoms with Crippen LogP contribution < -0.4 is 5.32 Å². The Hall–Kier alpha value is -0.650. The third-order valence-corrected chi connectivity index (χ3v) is 4.22. The van der Waals surface area contributed by atoms with Crippen molar-refractivity contribution in [3.8, 4) is 0 Å². The lowest BCUT2D eigenvalue weighted by Crippen LogP contribution is -2.50. The van der Waals surface area contributed by atoms with E-state index in [1.807, 2.05) is 4.90 Å². The summed E-state index contributed by atoms with van der Waals surface area (Å²) < 4.78 is 0. The second kappa shape index (κ2) is 7.22. The highest BCUT2D eigenvalue weighted by atomic mass is 16.3. The first kappa shape index (κ1) is 14.8. The monoisotopic (exact) mass is 270 g/mol. The number of aliphatic hydroxyl groups is 2. The largest absolute Gasteiger partial charge is 0.390 e. The molecule has 0 spiro atoms. The van der Waals surface area contributed by atoms with Gasteiger partial charge in [-0.25, -0.2) is 0 Å². The van der Waals surface area contributed by atoms with Crippen LogP contribution in [0, 0.1) is 0 Å². The summed E-state index contributed by atoms with van der Waals surface area (Å²) in [6.45, 7) is 1.40. The van der Waals surface area contributed by atoms with Crippen molar-refractivity contribution < 1.29 is 15.0 Å². The van der Waals surface area contributed by atoms with Gasteiger partial charge in [0, 0.05) is 19.1 Å². The van der Waals surface area contributed by atoms with E-state index < -0.39 is 12.2 Å². The second-order valence-corrected chi connectivity index (χ2v) is 5.91. The standard InChI is InChI=1S/C14H26N2O3/c17-12-7-8-16(9-13(12)18)10-14(19)15-11-5-3-1-2-4-6-11/h11-13,17-18H,1-10H2,(H,15,19)/t12-,13-/m0/s1. The molecule has 0 aromatic rings. The van der Waals surface area contributed by atoms with Crippen molar-refractivity contribution in [2.24, 2.45) is 0 Å². The van der Waals surface area contributed by atoms with Crippen LogP contribution in [-0.4, -0.2) is 58.9 Å². The molecule has 0 aromatic carbocycles. The number of hydrogen-bond donors (Lipinski definition) is 3. The van der Waals surface area contributed by atoms with E-state index in [1.54, 1.807) is 0 Å². The first-order valence-electron chi connectivity index (χ1n) is 7.53. The number of amides is 1. The molecule has 1 saturated carbocycles. The average Bonchev–Trinajstić information content (AvgIpc) is 2.62. The van der Waals surface area contributed by atoms with Crippen LogP contribution in [-0.2, 0) is 4.79 Å². The molecular formula is C14H26N2O3. The van der Waals surface area contributed by atoms with Gasteiger partial charge in [0.1, 0.15) is 0 Å². The summed E-state index contributed by atoms with van der Waals surface area (Å²) in [5.74, 6) is 0.0514. The van der Waals surface area contributed by atoms with E-state index in [0.29, 0.717) is 32.1 Å². The number of β-amino-alcohol motifs (C(OH)–C–C–N with tert-alkyl or cyclic N) is 1. The van der Waals surface area contributed by atoms with Crippen molar-refractivity contribution in [3.63, 3.8) is 0 Å². The fourth-order valence-electron chi connectivity index (χ4n) is 3.03. The Labute approximate surface area is 115 Å². The van der Waals surface area contributed by atoms with Gasteiger partial charge in [-0.15, -0.1) is 0 Å². The minimum absolute atomic E-state index is 0.0514. The Bertz CT molecular complexity index is 290. The highest BCUT2D eigenvalue weighted by Gasteiger charge is 2.27. The fourth-order valence-corrected chi connectivity index (χ4v) is 3.03. The predicted octanol–water partition coefficient (Wildman–Crippen LogP) is 0.253. The SMILES string of the molecule is O=C(CN1CC[C@H](O)[C@@H](O)C1)NC1CCCCCC1. The van der Waals surface area contributed by atoms with Gasteiger partial charge >= 0.3 is 0 Å². The lowest BCUT2D eigenvalue weighted by molar-refractivity contribution is -0.124. The summed E-state index contributed by atoms with van der Waals surface area (Å²) in [5.41, 5.74) is 0. The number of rotatable bonds is 3. The second-order valence-electron chi connectivity index (χ2n) is 5.91. The molecule has 1 aliphatic carbocycles. The molecule has 3 N–H and O–H groups in total. The third-order valence-electron chi connectivity index (χ3n) is 4.22. The van der Waals surface area contributed by atoms with Gasteiger partial charge in [0.15, 0.2) is 0 Å². The molecule has 5 heteroatoms. The lowest BCUT2D eigenvalue weighted by atomic mass is 10.1. The normalized spacial score (nSPS) is 30.8. The smallest absolute Gasteiger partial charge is 0.234 e. The van der Waals surface area contributed by atoms with Crippen molar-refractivity contribution in [1.29, 1.82) is 0 Å². The molecule has 0 radical (unpaired) electrons. The van der Waals surface area contributed by atoms with E-state index in [2.05, 4.69) is 5.32 Å². The van der Waals surface area contributed by atoms with E-state index in [-0.39, 0.29) is 5.91 Å². The Morgan fingerprint density at radius 2 is 1.74 bits per heavy atom. The average molecular weight is 270 g/mol. The number of likely N-dealkylation sites (tertiary alicyclic amines) is 1. The van der Waals surface area contributed by atoms with Crippen molar-refractivity contribution in [2.75, 3.05) is 19.6 Å².